The Morgan fingerprint density at radius 1 is 1.00 bits per heavy atom. The number of unbranched alkanes of at least 4 members (excludes halogenated alkanes) is 1. The van der Waals surface area contributed by atoms with Crippen molar-refractivity contribution >= 4 is 12.1 Å². The molecule has 0 aliphatic rings. The number of hydrogen-bond acceptors (Lipinski definition) is 3. The molecule has 28 heavy (non-hydrogen) atoms. The van der Waals surface area contributed by atoms with Crippen LogP contribution in [0.2, 0.25) is 0 Å². The topological polar surface area (TPSA) is 79.5 Å². The molecule has 0 aliphatic heterocycles. The minimum absolute atomic E-state index is 0.0716. The van der Waals surface area contributed by atoms with E-state index in [0.717, 1.165) is 25.8 Å². The number of carbonyl (C=O) groups excluding carboxylic acids is 2. The van der Waals surface area contributed by atoms with Crippen molar-refractivity contribution in [1.82, 2.24) is 16.0 Å². The van der Waals surface area contributed by atoms with Crippen LogP contribution >= 0.6 is 0 Å². The predicted octanol–water partition coefficient (Wildman–Crippen LogP) is 5.08. The molecule has 6 nitrogen and oxygen atoms in total. The molecule has 0 heterocycles. The second kappa shape index (κ2) is 14.5. The summed E-state index contributed by atoms with van der Waals surface area (Å²) in [6.45, 7) is 16.6. The van der Waals surface area contributed by atoms with Gasteiger partial charge in [-0.2, -0.15) is 0 Å². The highest BCUT2D eigenvalue weighted by atomic mass is 16.6. The van der Waals surface area contributed by atoms with Gasteiger partial charge in [-0.25, -0.2) is 9.59 Å². The number of nitrogens with one attached hydrogen (secondary N) is 3. The SMILES string of the molecule is CCCCC(CC)CNC(=O)NCC(C)CC(C)(C)CCNC(=O)OC(C)C. The van der Waals surface area contributed by atoms with E-state index in [1.54, 1.807) is 0 Å². The first-order valence-corrected chi connectivity index (χ1v) is 11.1. The number of carbonyl (C=O) groups is 2. The Kier molecular flexibility index (Phi) is 13.8. The van der Waals surface area contributed by atoms with E-state index in [0.29, 0.717) is 24.9 Å². The molecule has 0 radical (unpaired) electrons. The number of amides is 3. The van der Waals surface area contributed by atoms with Crippen LogP contribution in [0.5, 0.6) is 0 Å². The maximum Gasteiger partial charge on any atom is 0.407 e. The van der Waals surface area contributed by atoms with E-state index in [1.165, 1.54) is 19.3 Å². The quantitative estimate of drug-likeness (QED) is 0.381. The molecule has 0 spiro atoms. The number of urea groups is 1. The van der Waals surface area contributed by atoms with Crippen LogP contribution in [-0.2, 0) is 4.74 Å². The highest BCUT2D eigenvalue weighted by Gasteiger charge is 2.22. The number of ether oxygens (including phenoxy) is 1. The van der Waals surface area contributed by atoms with Gasteiger partial charge in [-0.3, -0.25) is 0 Å². The lowest BCUT2D eigenvalue weighted by Crippen LogP contribution is -2.40. The van der Waals surface area contributed by atoms with Gasteiger partial charge in [-0.05, 0) is 50.4 Å². The van der Waals surface area contributed by atoms with Crippen LogP contribution in [0.25, 0.3) is 0 Å². The van der Waals surface area contributed by atoms with Crippen molar-refractivity contribution in [2.75, 3.05) is 19.6 Å². The van der Waals surface area contributed by atoms with Crippen molar-refractivity contribution in [1.29, 1.82) is 0 Å². The molecule has 0 saturated heterocycles. The van der Waals surface area contributed by atoms with E-state index in [4.69, 9.17) is 4.74 Å². The first kappa shape index (κ1) is 26.5. The number of alkyl carbamates (subject to hydrolysis) is 1. The minimum Gasteiger partial charge on any atom is -0.447 e. The average Bonchev–Trinajstić information content (AvgIpc) is 2.58. The average molecular weight is 400 g/mol. The molecule has 0 aromatic rings. The Morgan fingerprint density at radius 2 is 1.64 bits per heavy atom. The fourth-order valence-corrected chi connectivity index (χ4v) is 3.39. The fourth-order valence-electron chi connectivity index (χ4n) is 3.39. The largest absolute Gasteiger partial charge is 0.447 e. The molecule has 0 rings (SSSR count). The van der Waals surface area contributed by atoms with Gasteiger partial charge in [0.25, 0.3) is 0 Å². The molecule has 0 saturated carbocycles. The second-order valence-corrected chi connectivity index (χ2v) is 9.11. The van der Waals surface area contributed by atoms with Crippen LogP contribution in [0.4, 0.5) is 9.59 Å². The van der Waals surface area contributed by atoms with Crippen LogP contribution in [0.1, 0.15) is 87.0 Å². The smallest absolute Gasteiger partial charge is 0.407 e. The first-order valence-electron chi connectivity index (χ1n) is 11.1. The molecule has 0 bridgehead atoms. The Morgan fingerprint density at radius 3 is 2.21 bits per heavy atom. The maximum atomic E-state index is 12.1. The lowest BCUT2D eigenvalue weighted by molar-refractivity contribution is 0.114. The lowest BCUT2D eigenvalue weighted by Gasteiger charge is -2.28. The summed E-state index contributed by atoms with van der Waals surface area (Å²) in [6, 6.07) is -0.0716. The molecule has 166 valence electrons. The van der Waals surface area contributed by atoms with Crippen molar-refractivity contribution < 1.29 is 14.3 Å². The Balaban J connectivity index is 4.05. The summed E-state index contributed by atoms with van der Waals surface area (Å²) in [4.78, 5) is 23.6. The van der Waals surface area contributed by atoms with E-state index in [-0.39, 0.29) is 23.6 Å². The normalized spacial score (nSPS) is 13.7. The van der Waals surface area contributed by atoms with Crippen molar-refractivity contribution in [3.8, 4) is 0 Å². The predicted molar refractivity (Wildman–Crippen MR) is 117 cm³/mol. The summed E-state index contributed by atoms with van der Waals surface area (Å²) in [6.07, 6.45) is 6.07. The second-order valence-electron chi connectivity index (χ2n) is 9.11. The van der Waals surface area contributed by atoms with Crippen LogP contribution < -0.4 is 16.0 Å². The summed E-state index contributed by atoms with van der Waals surface area (Å²) in [5.41, 5.74) is 0.0795. The van der Waals surface area contributed by atoms with Gasteiger partial charge in [-0.15, -0.1) is 0 Å². The number of rotatable bonds is 14. The van der Waals surface area contributed by atoms with E-state index >= 15 is 0 Å². The van der Waals surface area contributed by atoms with Gasteiger partial charge in [0.2, 0.25) is 0 Å². The molecular weight excluding hydrogens is 354 g/mol. The van der Waals surface area contributed by atoms with Crippen LogP contribution in [-0.4, -0.2) is 37.9 Å². The van der Waals surface area contributed by atoms with Gasteiger partial charge in [-0.1, -0.05) is 53.9 Å². The molecule has 6 heteroatoms. The summed E-state index contributed by atoms with van der Waals surface area (Å²) < 4.78 is 5.08. The van der Waals surface area contributed by atoms with Gasteiger partial charge >= 0.3 is 12.1 Å². The van der Waals surface area contributed by atoms with Crippen LogP contribution in [0, 0.1) is 17.3 Å². The monoisotopic (exact) mass is 399 g/mol. The van der Waals surface area contributed by atoms with Gasteiger partial charge in [0.1, 0.15) is 0 Å². The highest BCUT2D eigenvalue weighted by molar-refractivity contribution is 5.73. The molecule has 2 unspecified atom stereocenters. The van der Waals surface area contributed by atoms with Crippen molar-refractivity contribution in [3.05, 3.63) is 0 Å². The van der Waals surface area contributed by atoms with Crippen LogP contribution in [0.15, 0.2) is 0 Å². The molecule has 3 N–H and O–H groups in total. The standard InChI is InChI=1S/C22H45N3O3/c1-8-10-11-19(9-2)16-25-20(26)24-15-18(5)14-22(6,7)12-13-23-21(27)28-17(3)4/h17-19H,8-16H2,1-7H3,(H,23,27)(H2,24,25,26). The molecule has 0 fully saturated rings. The van der Waals surface area contributed by atoms with Crippen molar-refractivity contribution in [2.24, 2.45) is 17.3 Å². The Hall–Kier alpha value is -1.46. The van der Waals surface area contributed by atoms with Gasteiger partial charge in [0.05, 0.1) is 6.10 Å². The van der Waals surface area contributed by atoms with E-state index < -0.39 is 0 Å². The Bertz CT molecular complexity index is 439. The molecule has 0 aromatic carbocycles. The fraction of sp³-hybridized carbons (Fsp3) is 0.909. The molecule has 0 aromatic heterocycles. The lowest BCUT2D eigenvalue weighted by atomic mass is 9.80. The van der Waals surface area contributed by atoms with Crippen molar-refractivity contribution in [2.45, 2.75) is 93.1 Å². The number of hydrogen-bond donors (Lipinski definition) is 3. The van der Waals surface area contributed by atoms with E-state index in [1.807, 2.05) is 13.8 Å². The molecular formula is C22H45N3O3. The zero-order valence-electron chi connectivity index (χ0n) is 19.3. The zero-order valence-corrected chi connectivity index (χ0v) is 19.3. The third kappa shape index (κ3) is 14.6. The van der Waals surface area contributed by atoms with Gasteiger partial charge < -0.3 is 20.7 Å². The third-order valence-electron chi connectivity index (χ3n) is 5.02. The maximum absolute atomic E-state index is 12.1. The summed E-state index contributed by atoms with van der Waals surface area (Å²) in [5, 5.41) is 8.81. The first-order chi connectivity index (χ1) is 13.1. The summed E-state index contributed by atoms with van der Waals surface area (Å²) >= 11 is 0. The van der Waals surface area contributed by atoms with Gasteiger partial charge in [0, 0.05) is 19.6 Å². The zero-order chi connectivity index (χ0) is 21.6. The molecule has 2 atom stereocenters. The highest BCUT2D eigenvalue weighted by Crippen LogP contribution is 2.28. The summed E-state index contributed by atoms with van der Waals surface area (Å²) in [7, 11) is 0. The van der Waals surface area contributed by atoms with E-state index in [9.17, 15) is 9.59 Å². The molecule has 3 amide bonds. The third-order valence-corrected chi connectivity index (χ3v) is 5.02. The summed E-state index contributed by atoms with van der Waals surface area (Å²) in [5.74, 6) is 0.933. The Labute approximate surface area is 172 Å². The molecule has 0 aliphatic carbocycles. The van der Waals surface area contributed by atoms with Crippen molar-refractivity contribution in [3.63, 3.8) is 0 Å². The van der Waals surface area contributed by atoms with E-state index in [2.05, 4.69) is 50.6 Å². The minimum atomic E-state index is -0.360. The van der Waals surface area contributed by atoms with Crippen LogP contribution in [0.3, 0.4) is 0 Å². The van der Waals surface area contributed by atoms with Gasteiger partial charge in [0.15, 0.2) is 0 Å².